The fraction of sp³-hybridized carbons (Fsp3) is 1.00. The van der Waals surface area contributed by atoms with Crippen molar-refractivity contribution in [1.82, 2.24) is 5.32 Å². The van der Waals surface area contributed by atoms with Crippen LogP contribution >= 0.6 is 0 Å². The van der Waals surface area contributed by atoms with Crippen molar-refractivity contribution in [1.29, 1.82) is 0 Å². The number of alkyl halides is 3. The van der Waals surface area contributed by atoms with Gasteiger partial charge in [-0.1, -0.05) is 34.6 Å². The molecule has 0 aliphatic rings. The Kier molecular flexibility index (Phi) is 8.02. The number of halogens is 3. The summed E-state index contributed by atoms with van der Waals surface area (Å²) < 4.78 is 37.0. The van der Waals surface area contributed by atoms with Crippen LogP contribution in [-0.4, -0.2) is 18.8 Å². The summed E-state index contributed by atoms with van der Waals surface area (Å²) in [6.07, 6.45) is -1.71. The van der Waals surface area contributed by atoms with E-state index in [1.807, 2.05) is 6.92 Å². The highest BCUT2D eigenvalue weighted by molar-refractivity contribution is 4.75. The highest BCUT2D eigenvalue weighted by Crippen LogP contribution is 2.29. The molecule has 0 amide bonds. The Morgan fingerprint density at radius 2 is 1.68 bits per heavy atom. The van der Waals surface area contributed by atoms with Crippen molar-refractivity contribution >= 4 is 0 Å². The summed E-state index contributed by atoms with van der Waals surface area (Å²) in [4.78, 5) is 0. The van der Waals surface area contributed by atoms with Crippen LogP contribution in [0.3, 0.4) is 0 Å². The number of hydrogen-bond donors (Lipinski definition) is 1. The van der Waals surface area contributed by atoms with E-state index in [0.29, 0.717) is 5.92 Å². The van der Waals surface area contributed by atoms with E-state index in [4.69, 9.17) is 0 Å². The van der Waals surface area contributed by atoms with E-state index in [2.05, 4.69) is 33.0 Å². The first-order valence-electron chi connectivity index (χ1n) is 7.33. The van der Waals surface area contributed by atoms with Gasteiger partial charge in [0.2, 0.25) is 0 Å². The molecule has 0 radical (unpaired) electrons. The van der Waals surface area contributed by atoms with Gasteiger partial charge in [-0.2, -0.15) is 13.2 Å². The summed E-state index contributed by atoms with van der Waals surface area (Å²) in [6.45, 7) is 11.5. The van der Waals surface area contributed by atoms with Crippen molar-refractivity contribution in [3.63, 3.8) is 0 Å². The highest BCUT2D eigenvalue weighted by Gasteiger charge is 2.29. The van der Waals surface area contributed by atoms with Crippen LogP contribution in [0.4, 0.5) is 13.2 Å². The second-order valence-corrected chi connectivity index (χ2v) is 6.91. The molecule has 0 aromatic carbocycles. The Morgan fingerprint density at radius 1 is 1.11 bits per heavy atom. The van der Waals surface area contributed by atoms with Gasteiger partial charge in [-0.15, -0.1) is 0 Å². The molecule has 1 nitrogen and oxygen atoms in total. The quantitative estimate of drug-likeness (QED) is 0.648. The minimum atomic E-state index is -4.04. The third-order valence-electron chi connectivity index (χ3n) is 3.11. The fourth-order valence-electron chi connectivity index (χ4n) is 2.60. The zero-order chi connectivity index (χ0) is 15.1. The molecule has 0 aliphatic heterocycles. The van der Waals surface area contributed by atoms with Crippen LogP contribution in [0.25, 0.3) is 0 Å². The van der Waals surface area contributed by atoms with Crippen molar-refractivity contribution in [2.75, 3.05) is 6.54 Å². The minimum Gasteiger partial charge on any atom is -0.314 e. The molecular formula is C15H30F3N. The van der Waals surface area contributed by atoms with Gasteiger partial charge in [0.25, 0.3) is 0 Å². The summed E-state index contributed by atoms with van der Waals surface area (Å²) >= 11 is 0. The van der Waals surface area contributed by atoms with Crippen molar-refractivity contribution in [2.45, 2.75) is 78.9 Å². The van der Waals surface area contributed by atoms with E-state index in [-0.39, 0.29) is 17.9 Å². The van der Waals surface area contributed by atoms with Gasteiger partial charge in [-0.3, -0.25) is 0 Å². The van der Waals surface area contributed by atoms with Gasteiger partial charge in [0.05, 0.1) is 0 Å². The van der Waals surface area contributed by atoms with Crippen molar-refractivity contribution < 1.29 is 13.2 Å². The third-order valence-corrected chi connectivity index (χ3v) is 3.11. The molecular weight excluding hydrogens is 251 g/mol. The van der Waals surface area contributed by atoms with E-state index in [1.54, 1.807) is 0 Å². The molecule has 0 aliphatic carbocycles. The molecule has 19 heavy (non-hydrogen) atoms. The van der Waals surface area contributed by atoms with Crippen LogP contribution in [0.5, 0.6) is 0 Å². The van der Waals surface area contributed by atoms with Gasteiger partial charge in [-0.05, 0) is 43.6 Å². The van der Waals surface area contributed by atoms with Crippen molar-refractivity contribution in [3.8, 4) is 0 Å². The van der Waals surface area contributed by atoms with Gasteiger partial charge in [0.1, 0.15) is 0 Å². The molecule has 0 heterocycles. The predicted octanol–water partition coefficient (Wildman–Crippen LogP) is 5.16. The lowest BCUT2D eigenvalue weighted by Crippen LogP contribution is -2.33. The van der Waals surface area contributed by atoms with Gasteiger partial charge >= 0.3 is 6.18 Å². The zero-order valence-corrected chi connectivity index (χ0v) is 13.0. The summed E-state index contributed by atoms with van der Waals surface area (Å²) in [6, 6.07) is -0.0149. The topological polar surface area (TPSA) is 12.0 Å². The molecule has 1 N–H and O–H groups in total. The predicted molar refractivity (Wildman–Crippen MR) is 75.2 cm³/mol. The maximum absolute atomic E-state index is 12.3. The zero-order valence-electron chi connectivity index (χ0n) is 13.0. The van der Waals surface area contributed by atoms with Crippen LogP contribution in [0.1, 0.15) is 66.7 Å². The van der Waals surface area contributed by atoms with Crippen molar-refractivity contribution in [2.24, 2.45) is 11.3 Å². The smallest absolute Gasteiger partial charge is 0.314 e. The van der Waals surface area contributed by atoms with E-state index in [1.165, 1.54) is 0 Å². The van der Waals surface area contributed by atoms with E-state index in [0.717, 1.165) is 25.8 Å². The summed E-state index contributed by atoms with van der Waals surface area (Å²) in [7, 11) is 0. The molecule has 0 aromatic heterocycles. The van der Waals surface area contributed by atoms with Gasteiger partial charge in [0, 0.05) is 12.5 Å². The first-order chi connectivity index (χ1) is 8.53. The average Bonchev–Trinajstić information content (AvgIpc) is 2.18. The first-order valence-corrected chi connectivity index (χ1v) is 7.33. The Morgan fingerprint density at radius 3 is 2.11 bits per heavy atom. The molecule has 4 heteroatoms. The number of rotatable bonds is 8. The molecule has 0 saturated carbocycles. The van der Waals surface area contributed by atoms with Crippen LogP contribution < -0.4 is 5.32 Å². The van der Waals surface area contributed by atoms with Crippen LogP contribution in [0.2, 0.25) is 0 Å². The van der Waals surface area contributed by atoms with Crippen LogP contribution in [0, 0.1) is 11.3 Å². The standard InChI is InChI=1S/C15H30F3N/c1-6-9-19-13(7-8-15(16,17)18)10-12(2)11-14(3,4)5/h12-13,19H,6-11H2,1-5H3. The van der Waals surface area contributed by atoms with Gasteiger partial charge in [0.15, 0.2) is 0 Å². The SMILES string of the molecule is CCCNC(CCC(F)(F)F)CC(C)CC(C)(C)C. The molecule has 0 rings (SSSR count). The minimum absolute atomic E-state index is 0.0149. The monoisotopic (exact) mass is 281 g/mol. The number of nitrogens with one attached hydrogen (secondary N) is 1. The Hall–Kier alpha value is -0.250. The molecule has 2 atom stereocenters. The molecule has 116 valence electrons. The second-order valence-electron chi connectivity index (χ2n) is 6.91. The maximum atomic E-state index is 12.3. The first kappa shape index (κ1) is 18.8. The molecule has 0 saturated heterocycles. The maximum Gasteiger partial charge on any atom is 0.389 e. The van der Waals surface area contributed by atoms with E-state index >= 15 is 0 Å². The second kappa shape index (κ2) is 8.13. The largest absolute Gasteiger partial charge is 0.389 e. The summed E-state index contributed by atoms with van der Waals surface area (Å²) in [5.74, 6) is 0.447. The third kappa shape index (κ3) is 12.5. The van der Waals surface area contributed by atoms with Gasteiger partial charge in [-0.25, -0.2) is 0 Å². The fourth-order valence-corrected chi connectivity index (χ4v) is 2.60. The Bertz CT molecular complexity index is 231. The molecule has 2 unspecified atom stereocenters. The molecule has 0 aromatic rings. The van der Waals surface area contributed by atoms with Crippen LogP contribution in [-0.2, 0) is 0 Å². The lowest BCUT2D eigenvalue weighted by molar-refractivity contribution is -0.136. The molecule has 0 fully saturated rings. The summed E-state index contributed by atoms with van der Waals surface area (Å²) in [5, 5.41) is 3.26. The summed E-state index contributed by atoms with van der Waals surface area (Å²) in [5.41, 5.74) is 0.235. The van der Waals surface area contributed by atoms with E-state index in [9.17, 15) is 13.2 Å². The van der Waals surface area contributed by atoms with Gasteiger partial charge < -0.3 is 5.32 Å². The molecule has 0 bridgehead atoms. The molecule has 0 spiro atoms. The van der Waals surface area contributed by atoms with Crippen molar-refractivity contribution in [3.05, 3.63) is 0 Å². The lowest BCUT2D eigenvalue weighted by Gasteiger charge is -2.27. The lowest BCUT2D eigenvalue weighted by atomic mass is 9.82. The number of hydrogen-bond acceptors (Lipinski definition) is 1. The van der Waals surface area contributed by atoms with E-state index < -0.39 is 12.6 Å². The normalized spacial score (nSPS) is 16.4. The Balaban J connectivity index is 4.25. The van der Waals surface area contributed by atoms with Crippen LogP contribution in [0.15, 0.2) is 0 Å². The Labute approximate surface area is 116 Å². The highest BCUT2D eigenvalue weighted by atomic mass is 19.4. The average molecular weight is 281 g/mol.